The molecule has 60 heavy (non-hydrogen) atoms. The van der Waals surface area contributed by atoms with Gasteiger partial charge in [0.05, 0.1) is 12.1 Å². The van der Waals surface area contributed by atoms with Crippen LogP contribution in [0.4, 0.5) is 9.59 Å². The van der Waals surface area contributed by atoms with E-state index in [1.807, 2.05) is 12.1 Å². The highest BCUT2D eigenvalue weighted by Gasteiger charge is 2.36. The van der Waals surface area contributed by atoms with E-state index in [0.717, 1.165) is 11.1 Å². The fourth-order valence-corrected chi connectivity index (χ4v) is 5.99. The van der Waals surface area contributed by atoms with Gasteiger partial charge in [0, 0.05) is 12.8 Å². The molecule has 0 saturated carbocycles. The van der Waals surface area contributed by atoms with Crippen LogP contribution in [-0.2, 0) is 41.5 Å². The molecule has 0 fully saturated rings. The number of hydrogen-bond acceptors (Lipinski definition) is 10. The molecule has 0 spiro atoms. The maximum Gasteiger partial charge on any atom is 0.408 e. The Hall–Kier alpha value is -5.22. The average molecular weight is 841 g/mol. The van der Waals surface area contributed by atoms with Crippen molar-refractivity contribution in [2.45, 2.75) is 156 Å². The number of hydrogen-bond donors (Lipinski definition) is 8. The summed E-state index contributed by atoms with van der Waals surface area (Å²) < 4.78 is 10.7. The highest BCUT2D eigenvalue weighted by Crippen LogP contribution is 2.14. The van der Waals surface area contributed by atoms with Gasteiger partial charge in [0.15, 0.2) is 0 Å². The standard InChI is InChI=1S/C44H68N6O10/c1-25(2)33(49-37(53)31(23-29-19-15-13-16-20-29)47-41(57)59-43(7,8)9)39(55)45-27(5)35(51)36(52)28(6)46-40(56)34(26(3)4)50-38(54)32(24-30-21-17-14-18-22-30)48-42(58)60-44(10,11)12/h13-22,25-28,31-36,51-52H,23-24H2,1-12H3,(H,45,55)(H,46,56)(H,47,57)(H,48,58)(H,49,53)(H,50,54)/t27-,28-,31-,32-,33-,34-,35-,36+/m0/s1. The van der Waals surface area contributed by atoms with Crippen molar-refractivity contribution in [1.82, 2.24) is 31.9 Å². The summed E-state index contributed by atoms with van der Waals surface area (Å²) in [5.41, 5.74) is -0.118. The minimum absolute atomic E-state index is 0.113. The number of amides is 6. The second-order valence-corrected chi connectivity index (χ2v) is 17.8. The van der Waals surface area contributed by atoms with Crippen LogP contribution in [0.2, 0.25) is 0 Å². The van der Waals surface area contributed by atoms with Crippen LogP contribution in [-0.4, -0.2) is 106 Å². The average Bonchev–Trinajstić information content (AvgIpc) is 3.13. The van der Waals surface area contributed by atoms with Crippen molar-refractivity contribution >= 4 is 35.8 Å². The maximum absolute atomic E-state index is 13.6. The molecule has 6 amide bonds. The number of aliphatic hydroxyl groups excluding tert-OH is 2. The van der Waals surface area contributed by atoms with Crippen molar-refractivity contribution in [1.29, 1.82) is 0 Å². The van der Waals surface area contributed by atoms with Gasteiger partial charge in [0.2, 0.25) is 23.6 Å². The molecule has 2 rings (SSSR count). The third-order valence-corrected chi connectivity index (χ3v) is 9.19. The Morgan fingerprint density at radius 3 is 1.05 bits per heavy atom. The zero-order valence-electron chi connectivity index (χ0n) is 37.1. The lowest BCUT2D eigenvalue weighted by molar-refractivity contribution is -0.133. The summed E-state index contributed by atoms with van der Waals surface area (Å²) in [6, 6.07) is 11.5. The lowest BCUT2D eigenvalue weighted by Crippen LogP contribution is -2.61. The summed E-state index contributed by atoms with van der Waals surface area (Å²) in [7, 11) is 0. The number of ether oxygens (including phenoxy) is 2. The van der Waals surface area contributed by atoms with Crippen LogP contribution in [0, 0.1) is 11.8 Å². The number of aliphatic hydroxyl groups is 2. The SMILES string of the molecule is CC(C)[C@H](NC(=O)[C@H](Cc1ccccc1)NC(=O)OC(C)(C)C)C(=O)N[C@@H](C)[C@H](O)[C@H](O)[C@H](C)NC(=O)[C@@H](NC(=O)[C@H](Cc1ccccc1)NC(=O)OC(C)(C)C)C(C)C. The number of carbonyl (C=O) groups is 6. The Bertz CT molecular complexity index is 1590. The molecular formula is C44H68N6O10. The molecule has 8 atom stereocenters. The summed E-state index contributed by atoms with van der Waals surface area (Å²) in [4.78, 5) is 79.8. The van der Waals surface area contributed by atoms with E-state index in [4.69, 9.17) is 9.47 Å². The predicted octanol–water partition coefficient (Wildman–Crippen LogP) is 3.27. The van der Waals surface area contributed by atoms with Gasteiger partial charge in [0.25, 0.3) is 0 Å². The summed E-state index contributed by atoms with van der Waals surface area (Å²) in [6.45, 7) is 20.0. The molecular weight excluding hydrogens is 773 g/mol. The number of alkyl carbamates (subject to hydrolysis) is 2. The van der Waals surface area contributed by atoms with E-state index in [2.05, 4.69) is 31.9 Å². The van der Waals surface area contributed by atoms with E-state index in [0.29, 0.717) is 0 Å². The molecule has 0 radical (unpaired) electrons. The summed E-state index contributed by atoms with van der Waals surface area (Å²) in [5, 5.41) is 38.3. The van der Waals surface area contributed by atoms with Crippen LogP contribution in [0.25, 0.3) is 0 Å². The fraction of sp³-hybridized carbons (Fsp3) is 0.591. The lowest BCUT2D eigenvalue weighted by atomic mass is 9.97. The first-order chi connectivity index (χ1) is 27.8. The van der Waals surface area contributed by atoms with Gasteiger partial charge >= 0.3 is 12.2 Å². The second kappa shape index (κ2) is 23.0. The van der Waals surface area contributed by atoms with E-state index < -0.39 is 107 Å². The first-order valence-electron chi connectivity index (χ1n) is 20.4. The third-order valence-electron chi connectivity index (χ3n) is 9.19. The molecule has 16 nitrogen and oxygen atoms in total. The second-order valence-electron chi connectivity index (χ2n) is 17.8. The Balaban J connectivity index is 2.13. The molecule has 0 unspecified atom stereocenters. The smallest absolute Gasteiger partial charge is 0.408 e. The normalized spacial score (nSPS) is 15.8. The van der Waals surface area contributed by atoms with Crippen molar-refractivity contribution < 1.29 is 48.5 Å². The third kappa shape index (κ3) is 18.0. The van der Waals surface area contributed by atoms with Crippen molar-refractivity contribution in [3.8, 4) is 0 Å². The molecule has 8 N–H and O–H groups in total. The highest BCUT2D eigenvalue weighted by molar-refractivity contribution is 5.92. The Labute approximate surface area is 354 Å². The van der Waals surface area contributed by atoms with Gasteiger partial charge in [-0.05, 0) is 78.4 Å². The zero-order chi connectivity index (χ0) is 45.5. The monoisotopic (exact) mass is 840 g/mol. The Morgan fingerprint density at radius 1 is 0.483 bits per heavy atom. The van der Waals surface area contributed by atoms with Crippen molar-refractivity contribution in [3.05, 3.63) is 71.8 Å². The minimum Gasteiger partial charge on any atom is -0.444 e. The lowest BCUT2D eigenvalue weighted by Gasteiger charge is -2.32. The van der Waals surface area contributed by atoms with Crippen LogP contribution in [0.3, 0.4) is 0 Å². The zero-order valence-corrected chi connectivity index (χ0v) is 37.1. The molecule has 2 aromatic rings. The van der Waals surface area contributed by atoms with Crippen molar-refractivity contribution in [2.24, 2.45) is 11.8 Å². The largest absolute Gasteiger partial charge is 0.444 e. The van der Waals surface area contributed by atoms with Gasteiger partial charge in [-0.25, -0.2) is 9.59 Å². The fourth-order valence-electron chi connectivity index (χ4n) is 5.99. The van der Waals surface area contributed by atoms with Gasteiger partial charge in [-0.2, -0.15) is 0 Å². The van der Waals surface area contributed by atoms with E-state index in [1.165, 1.54) is 13.8 Å². The molecule has 0 aliphatic carbocycles. The van der Waals surface area contributed by atoms with Crippen molar-refractivity contribution in [3.63, 3.8) is 0 Å². The molecule has 16 heteroatoms. The Kier molecular flexibility index (Phi) is 19.5. The van der Waals surface area contributed by atoms with Gasteiger partial charge < -0.3 is 51.6 Å². The summed E-state index contributed by atoms with van der Waals surface area (Å²) >= 11 is 0. The predicted molar refractivity (Wildman–Crippen MR) is 227 cm³/mol. The number of rotatable bonds is 19. The molecule has 0 aliphatic rings. The van der Waals surface area contributed by atoms with E-state index in [1.54, 1.807) is 118 Å². The molecule has 0 aliphatic heterocycles. The molecule has 0 aromatic heterocycles. The summed E-state index contributed by atoms with van der Waals surface area (Å²) in [6.07, 6.45) is -4.56. The minimum atomic E-state index is -1.59. The van der Waals surface area contributed by atoms with E-state index in [-0.39, 0.29) is 12.8 Å². The van der Waals surface area contributed by atoms with Crippen LogP contribution in [0.15, 0.2) is 60.7 Å². The molecule has 2 aromatic carbocycles. The van der Waals surface area contributed by atoms with Gasteiger partial charge in [-0.3, -0.25) is 19.2 Å². The first kappa shape index (κ1) is 50.9. The highest BCUT2D eigenvalue weighted by atomic mass is 16.6. The van der Waals surface area contributed by atoms with Gasteiger partial charge in [-0.15, -0.1) is 0 Å². The van der Waals surface area contributed by atoms with Crippen LogP contribution in [0.1, 0.15) is 94.2 Å². The van der Waals surface area contributed by atoms with Gasteiger partial charge in [-0.1, -0.05) is 88.4 Å². The molecule has 334 valence electrons. The molecule has 0 bridgehead atoms. The Morgan fingerprint density at radius 2 is 0.783 bits per heavy atom. The van der Waals surface area contributed by atoms with Crippen LogP contribution in [0.5, 0.6) is 0 Å². The maximum atomic E-state index is 13.6. The van der Waals surface area contributed by atoms with Crippen LogP contribution < -0.4 is 31.9 Å². The first-order valence-corrected chi connectivity index (χ1v) is 20.4. The quantitative estimate of drug-likeness (QED) is 0.103. The van der Waals surface area contributed by atoms with E-state index >= 15 is 0 Å². The number of benzene rings is 2. The van der Waals surface area contributed by atoms with Crippen LogP contribution >= 0.6 is 0 Å². The van der Waals surface area contributed by atoms with Gasteiger partial charge in [0.1, 0.15) is 47.6 Å². The summed E-state index contributed by atoms with van der Waals surface area (Å²) in [5.74, 6) is -3.46. The topological polar surface area (TPSA) is 234 Å². The molecule has 0 saturated heterocycles. The van der Waals surface area contributed by atoms with E-state index in [9.17, 15) is 39.0 Å². The molecule has 0 heterocycles. The number of nitrogens with one attached hydrogen (secondary N) is 6. The number of carbonyl (C=O) groups excluding carboxylic acids is 6. The van der Waals surface area contributed by atoms with Crippen molar-refractivity contribution in [2.75, 3.05) is 0 Å².